The van der Waals surface area contributed by atoms with Crippen molar-refractivity contribution in [3.63, 3.8) is 0 Å². The first-order valence-corrected chi connectivity index (χ1v) is 24.2. The molecule has 0 atom stereocenters. The maximum absolute atomic E-state index is 13.7. The molecular formula is C43H39FGeIrN2O-2. The number of fused-ring (bicyclic) bond motifs is 3. The molecule has 1 radical (unpaired) electrons. The van der Waals surface area contributed by atoms with Gasteiger partial charge in [0, 0.05) is 31.7 Å². The molecule has 7 aromatic rings. The molecule has 3 nitrogen and oxygen atoms in total. The summed E-state index contributed by atoms with van der Waals surface area (Å²) in [6, 6.07) is 40.2. The fraction of sp³-hybridized carbons (Fsp3) is 0.209. The molecule has 0 N–H and O–H groups in total. The molecule has 0 bridgehead atoms. The smallest absolute Gasteiger partial charge is 0 e. The summed E-state index contributed by atoms with van der Waals surface area (Å²) in [5.74, 6) is 7.79. The largest absolute Gasteiger partial charge is 0 e. The molecule has 1 saturated carbocycles. The first-order valence-electron chi connectivity index (χ1n) is 16.8. The van der Waals surface area contributed by atoms with Gasteiger partial charge in [-0.2, -0.15) is 0 Å². The number of nitrogens with zero attached hydrogens (tertiary/aromatic N) is 2. The minimum atomic E-state index is -1.99. The number of hydrogen-bond donors (Lipinski definition) is 0. The van der Waals surface area contributed by atoms with Gasteiger partial charge >= 0.3 is 135 Å². The summed E-state index contributed by atoms with van der Waals surface area (Å²) in [5.41, 5.74) is 9.21. The summed E-state index contributed by atoms with van der Waals surface area (Å²) in [5, 5.41) is 1.69. The van der Waals surface area contributed by atoms with E-state index >= 15 is 0 Å². The Hall–Kier alpha value is -3.90. The van der Waals surface area contributed by atoms with Gasteiger partial charge in [-0.15, -0.1) is 23.8 Å². The summed E-state index contributed by atoms with van der Waals surface area (Å²) < 4.78 is 20.9. The van der Waals surface area contributed by atoms with Gasteiger partial charge < -0.3 is 9.40 Å². The molecule has 8 rings (SSSR count). The van der Waals surface area contributed by atoms with Crippen molar-refractivity contribution in [2.75, 3.05) is 0 Å². The molecule has 0 saturated heterocycles. The fourth-order valence-corrected chi connectivity index (χ4v) is 9.84. The van der Waals surface area contributed by atoms with Crippen LogP contribution in [0, 0.1) is 23.9 Å². The van der Waals surface area contributed by atoms with Crippen LogP contribution in [0.4, 0.5) is 4.39 Å². The van der Waals surface area contributed by atoms with E-state index in [4.69, 9.17) is 9.40 Å². The molecule has 3 heterocycles. The van der Waals surface area contributed by atoms with Crippen LogP contribution in [0.3, 0.4) is 0 Å². The molecular weight excluding hydrogens is 844 g/mol. The van der Waals surface area contributed by atoms with Gasteiger partial charge in [-0.3, -0.25) is 0 Å². The SMILES string of the molecule is Fc1ccc2oc3c[c-]c(-c4cc(CC5CCCC5)ccn4)cc3c2c1.[CH3][Ge]([CH3])([CH3])[c]1cnc(-c2[c-]cccc2)cc1-c1ccccc1.[Ir]. The van der Waals surface area contributed by atoms with Crippen LogP contribution >= 0.6 is 0 Å². The first-order chi connectivity index (χ1) is 23.3. The summed E-state index contributed by atoms with van der Waals surface area (Å²) >= 11 is -1.99. The Bertz CT molecular complexity index is 2170. The van der Waals surface area contributed by atoms with Gasteiger partial charge in [-0.05, 0) is 42.3 Å². The maximum Gasteiger partial charge on any atom is 0 e. The van der Waals surface area contributed by atoms with E-state index in [1.54, 1.807) is 6.07 Å². The van der Waals surface area contributed by atoms with E-state index in [1.165, 1.54) is 58.9 Å². The number of hydrogen-bond acceptors (Lipinski definition) is 3. The van der Waals surface area contributed by atoms with Crippen molar-refractivity contribution in [1.29, 1.82) is 0 Å². The van der Waals surface area contributed by atoms with Crippen LogP contribution in [0.15, 0.2) is 120 Å². The second-order valence-electron chi connectivity index (χ2n) is 13.8. The fourth-order valence-electron chi connectivity index (χ4n) is 6.75. The average Bonchev–Trinajstić information content (AvgIpc) is 3.76. The van der Waals surface area contributed by atoms with E-state index in [0.717, 1.165) is 51.2 Å². The molecule has 6 heteroatoms. The molecule has 0 unspecified atom stereocenters. The number of halogens is 1. The van der Waals surface area contributed by atoms with Crippen molar-refractivity contribution in [2.45, 2.75) is 49.4 Å². The van der Waals surface area contributed by atoms with Gasteiger partial charge in [0.1, 0.15) is 11.4 Å². The summed E-state index contributed by atoms with van der Waals surface area (Å²) in [4.78, 5) is 9.25. The van der Waals surface area contributed by atoms with Crippen molar-refractivity contribution < 1.29 is 28.9 Å². The molecule has 0 spiro atoms. The molecule has 0 aliphatic heterocycles. The van der Waals surface area contributed by atoms with Crippen molar-refractivity contribution in [1.82, 2.24) is 9.97 Å². The van der Waals surface area contributed by atoms with Crippen LogP contribution in [0.25, 0.3) is 55.6 Å². The zero-order chi connectivity index (χ0) is 33.1. The average molecular weight is 884 g/mol. The van der Waals surface area contributed by atoms with Crippen LogP contribution < -0.4 is 4.40 Å². The molecule has 1 fully saturated rings. The minimum Gasteiger partial charge on any atom is 0 e. The molecule has 4 aromatic carbocycles. The molecule has 0 amide bonds. The van der Waals surface area contributed by atoms with E-state index in [2.05, 4.69) is 95.2 Å². The summed E-state index contributed by atoms with van der Waals surface area (Å²) in [6.07, 6.45) is 10.5. The Kier molecular flexibility index (Phi) is 10.9. The predicted octanol–water partition coefficient (Wildman–Crippen LogP) is 11.1. The standard InChI is InChI=1S/C23H19FNO.C20H20GeN.Ir/c24-18-6-8-23-20(14-18)19-13-17(5-7-22(19)26-23)21-12-16(9-10-25-21)11-15-3-1-2-4-15;1-21(2,3)19-15-22-20(17-12-8-5-9-13-17)14-18(19)16-10-6-4-7-11-16;/h6-10,12-15H,1-4,11H2;4-12,14-15H,1-3H3;/q2*-1;. The molecule has 49 heavy (non-hydrogen) atoms. The van der Waals surface area contributed by atoms with Gasteiger partial charge in [0.15, 0.2) is 0 Å². The van der Waals surface area contributed by atoms with E-state index in [1.807, 2.05) is 36.5 Å². The van der Waals surface area contributed by atoms with E-state index in [9.17, 15) is 4.39 Å². The Morgan fingerprint density at radius 1 is 0.776 bits per heavy atom. The Labute approximate surface area is 304 Å². The molecule has 249 valence electrons. The third-order valence-corrected chi connectivity index (χ3v) is 13.5. The van der Waals surface area contributed by atoms with E-state index < -0.39 is 13.3 Å². The van der Waals surface area contributed by atoms with Crippen molar-refractivity contribution in [3.05, 3.63) is 139 Å². The Balaban J connectivity index is 0.000000169. The maximum atomic E-state index is 13.7. The number of benzene rings is 4. The third-order valence-electron chi connectivity index (χ3n) is 9.25. The number of rotatable bonds is 6. The molecule has 1 aliphatic carbocycles. The summed E-state index contributed by atoms with van der Waals surface area (Å²) in [6.45, 7) is 0. The quantitative estimate of drug-likeness (QED) is 0.123. The van der Waals surface area contributed by atoms with Crippen molar-refractivity contribution in [3.8, 4) is 33.6 Å². The van der Waals surface area contributed by atoms with Gasteiger partial charge in [0.05, 0.1) is 5.58 Å². The van der Waals surface area contributed by atoms with Crippen LogP contribution in [-0.4, -0.2) is 23.2 Å². The monoisotopic (exact) mass is 885 g/mol. The zero-order valence-electron chi connectivity index (χ0n) is 28.1. The number of aromatic nitrogens is 2. The van der Waals surface area contributed by atoms with Crippen LogP contribution in [0.1, 0.15) is 31.2 Å². The number of pyridine rings is 2. The van der Waals surface area contributed by atoms with E-state index in [-0.39, 0.29) is 25.9 Å². The van der Waals surface area contributed by atoms with Gasteiger partial charge in [-0.25, -0.2) is 4.39 Å². The molecule has 3 aromatic heterocycles. The molecule has 1 aliphatic rings. The first kappa shape index (κ1) is 34.9. The predicted molar refractivity (Wildman–Crippen MR) is 198 cm³/mol. The van der Waals surface area contributed by atoms with Crippen LogP contribution in [0.5, 0.6) is 0 Å². The number of furan rings is 1. The zero-order valence-corrected chi connectivity index (χ0v) is 32.6. The summed E-state index contributed by atoms with van der Waals surface area (Å²) in [7, 11) is 0. The van der Waals surface area contributed by atoms with Crippen molar-refractivity contribution >= 4 is 39.6 Å². The second kappa shape index (κ2) is 15.3. The normalized spacial score (nSPS) is 13.2. The third kappa shape index (κ3) is 8.12. The van der Waals surface area contributed by atoms with Crippen LogP contribution in [0.2, 0.25) is 17.3 Å². The van der Waals surface area contributed by atoms with Gasteiger partial charge in [0.25, 0.3) is 0 Å². The Morgan fingerprint density at radius 2 is 1.53 bits per heavy atom. The minimum absolute atomic E-state index is 0. The van der Waals surface area contributed by atoms with E-state index in [0.29, 0.717) is 5.58 Å². The Morgan fingerprint density at radius 3 is 2.29 bits per heavy atom. The second-order valence-corrected chi connectivity index (χ2v) is 24.4. The van der Waals surface area contributed by atoms with Crippen LogP contribution in [-0.2, 0) is 26.5 Å². The van der Waals surface area contributed by atoms with Gasteiger partial charge in [0.2, 0.25) is 0 Å². The van der Waals surface area contributed by atoms with Gasteiger partial charge in [-0.1, -0.05) is 42.7 Å². The topological polar surface area (TPSA) is 38.9 Å². The van der Waals surface area contributed by atoms with Crippen molar-refractivity contribution in [2.24, 2.45) is 5.92 Å².